The third-order valence-corrected chi connectivity index (χ3v) is 2.62. The first-order valence-corrected chi connectivity index (χ1v) is 6.21. The van der Waals surface area contributed by atoms with E-state index >= 15 is 0 Å². The quantitative estimate of drug-likeness (QED) is 0.894. The molecule has 1 heterocycles. The number of rotatable bonds is 5. The van der Waals surface area contributed by atoms with E-state index in [0.717, 1.165) is 23.4 Å². The van der Waals surface area contributed by atoms with Gasteiger partial charge in [0, 0.05) is 5.56 Å². The van der Waals surface area contributed by atoms with Gasteiger partial charge in [-0.25, -0.2) is 4.98 Å². The van der Waals surface area contributed by atoms with Crippen molar-refractivity contribution in [2.24, 2.45) is 5.73 Å². The van der Waals surface area contributed by atoms with Gasteiger partial charge in [0.05, 0.1) is 12.3 Å². The monoisotopic (exact) mass is 256 g/mol. The summed E-state index contributed by atoms with van der Waals surface area (Å²) < 4.78 is 5.51. The van der Waals surface area contributed by atoms with Gasteiger partial charge in [-0.1, -0.05) is 13.0 Å². The zero-order valence-electron chi connectivity index (χ0n) is 10.8. The average molecular weight is 256 g/mol. The molecule has 0 bridgehead atoms. The van der Waals surface area contributed by atoms with Crippen LogP contribution in [0.3, 0.4) is 0 Å². The molecule has 2 aromatic rings. The number of primary amides is 1. The van der Waals surface area contributed by atoms with Crippen LogP contribution in [0.1, 0.15) is 23.8 Å². The minimum Gasteiger partial charge on any atom is -0.494 e. The molecule has 98 valence electrons. The summed E-state index contributed by atoms with van der Waals surface area (Å²) in [4.78, 5) is 15.3. The Kier molecular flexibility index (Phi) is 4.13. The first-order chi connectivity index (χ1) is 9.20. The van der Waals surface area contributed by atoms with Gasteiger partial charge in [0.25, 0.3) is 5.91 Å². The van der Waals surface area contributed by atoms with Crippen molar-refractivity contribution in [3.8, 4) is 17.0 Å². The van der Waals surface area contributed by atoms with Crippen molar-refractivity contribution in [3.05, 3.63) is 48.2 Å². The molecule has 1 aromatic heterocycles. The molecule has 0 unspecified atom stereocenters. The zero-order valence-corrected chi connectivity index (χ0v) is 10.8. The van der Waals surface area contributed by atoms with Gasteiger partial charge in [-0.2, -0.15) is 0 Å². The summed E-state index contributed by atoms with van der Waals surface area (Å²) in [7, 11) is 0. The van der Waals surface area contributed by atoms with E-state index in [-0.39, 0.29) is 5.69 Å². The standard InChI is InChI=1S/C15H16N2O2/c1-2-10-19-12-8-6-11(7-9-12)13-4-3-5-14(17-13)15(16)18/h3-9H,2,10H2,1H3,(H2,16,18). The molecule has 0 saturated carbocycles. The van der Waals surface area contributed by atoms with Crippen LogP contribution in [-0.4, -0.2) is 17.5 Å². The molecule has 0 saturated heterocycles. The molecule has 0 aliphatic carbocycles. The van der Waals surface area contributed by atoms with Gasteiger partial charge in [-0.3, -0.25) is 4.79 Å². The Balaban J connectivity index is 2.22. The Morgan fingerprint density at radius 3 is 2.58 bits per heavy atom. The molecule has 2 N–H and O–H groups in total. The Labute approximate surface area is 112 Å². The van der Waals surface area contributed by atoms with E-state index in [4.69, 9.17) is 10.5 Å². The third kappa shape index (κ3) is 3.31. The van der Waals surface area contributed by atoms with Crippen molar-refractivity contribution in [1.82, 2.24) is 4.98 Å². The van der Waals surface area contributed by atoms with Crippen molar-refractivity contribution in [3.63, 3.8) is 0 Å². The van der Waals surface area contributed by atoms with Crippen LogP contribution in [-0.2, 0) is 0 Å². The fourth-order valence-electron chi connectivity index (χ4n) is 1.67. The lowest BCUT2D eigenvalue weighted by Gasteiger charge is -2.06. The molecular formula is C15H16N2O2. The highest BCUT2D eigenvalue weighted by Gasteiger charge is 2.05. The average Bonchev–Trinajstić information content (AvgIpc) is 2.46. The minimum atomic E-state index is -0.523. The molecule has 0 aliphatic rings. The van der Waals surface area contributed by atoms with Crippen LogP contribution in [0.5, 0.6) is 5.75 Å². The molecule has 1 amide bonds. The molecule has 0 aliphatic heterocycles. The molecule has 0 atom stereocenters. The predicted octanol–water partition coefficient (Wildman–Crippen LogP) is 2.64. The van der Waals surface area contributed by atoms with E-state index in [2.05, 4.69) is 11.9 Å². The van der Waals surface area contributed by atoms with Crippen molar-refractivity contribution in [2.45, 2.75) is 13.3 Å². The maximum absolute atomic E-state index is 11.1. The summed E-state index contributed by atoms with van der Waals surface area (Å²) in [6.07, 6.45) is 0.976. The Morgan fingerprint density at radius 2 is 1.95 bits per heavy atom. The number of carbonyl (C=O) groups excluding carboxylic acids is 1. The topological polar surface area (TPSA) is 65.2 Å². The lowest BCUT2D eigenvalue weighted by atomic mass is 10.1. The van der Waals surface area contributed by atoms with E-state index in [1.165, 1.54) is 0 Å². The number of hydrogen-bond acceptors (Lipinski definition) is 3. The van der Waals surface area contributed by atoms with E-state index in [0.29, 0.717) is 6.61 Å². The number of benzene rings is 1. The summed E-state index contributed by atoms with van der Waals surface area (Å²) in [6.45, 7) is 2.77. The highest BCUT2D eigenvalue weighted by molar-refractivity contribution is 5.91. The lowest BCUT2D eigenvalue weighted by molar-refractivity contribution is 0.0995. The van der Waals surface area contributed by atoms with Gasteiger partial charge in [0.15, 0.2) is 0 Å². The van der Waals surface area contributed by atoms with Crippen molar-refractivity contribution in [2.75, 3.05) is 6.61 Å². The van der Waals surface area contributed by atoms with Crippen molar-refractivity contribution >= 4 is 5.91 Å². The molecule has 0 spiro atoms. The van der Waals surface area contributed by atoms with Crippen LogP contribution in [0.15, 0.2) is 42.5 Å². The second-order valence-corrected chi connectivity index (χ2v) is 4.15. The third-order valence-electron chi connectivity index (χ3n) is 2.62. The highest BCUT2D eigenvalue weighted by atomic mass is 16.5. The van der Waals surface area contributed by atoms with Crippen LogP contribution in [0, 0.1) is 0 Å². The number of carbonyl (C=O) groups is 1. The van der Waals surface area contributed by atoms with E-state index in [1.54, 1.807) is 12.1 Å². The maximum Gasteiger partial charge on any atom is 0.267 e. The van der Waals surface area contributed by atoms with Crippen LogP contribution < -0.4 is 10.5 Å². The van der Waals surface area contributed by atoms with E-state index in [1.807, 2.05) is 30.3 Å². The van der Waals surface area contributed by atoms with E-state index < -0.39 is 5.91 Å². The molecule has 4 nitrogen and oxygen atoms in total. The first-order valence-electron chi connectivity index (χ1n) is 6.21. The number of nitrogens with zero attached hydrogens (tertiary/aromatic N) is 1. The molecular weight excluding hydrogens is 240 g/mol. The maximum atomic E-state index is 11.1. The minimum absolute atomic E-state index is 0.267. The lowest BCUT2D eigenvalue weighted by Crippen LogP contribution is -2.12. The van der Waals surface area contributed by atoms with Gasteiger partial charge in [0.2, 0.25) is 0 Å². The Morgan fingerprint density at radius 1 is 1.21 bits per heavy atom. The van der Waals surface area contributed by atoms with Crippen LogP contribution in [0.25, 0.3) is 11.3 Å². The van der Waals surface area contributed by atoms with Gasteiger partial charge in [-0.15, -0.1) is 0 Å². The SMILES string of the molecule is CCCOc1ccc(-c2cccc(C(N)=O)n2)cc1. The fourth-order valence-corrected chi connectivity index (χ4v) is 1.67. The number of ether oxygens (including phenoxy) is 1. The van der Waals surface area contributed by atoms with Gasteiger partial charge in [0.1, 0.15) is 11.4 Å². The van der Waals surface area contributed by atoms with Gasteiger partial charge in [-0.05, 0) is 42.8 Å². The second kappa shape index (κ2) is 6.00. The highest BCUT2D eigenvalue weighted by Crippen LogP contribution is 2.21. The number of hydrogen-bond donors (Lipinski definition) is 1. The largest absolute Gasteiger partial charge is 0.494 e. The molecule has 0 fully saturated rings. The first kappa shape index (κ1) is 13.1. The summed E-state index contributed by atoms with van der Waals surface area (Å²) in [5.41, 5.74) is 7.13. The second-order valence-electron chi connectivity index (χ2n) is 4.15. The Bertz CT molecular complexity index is 565. The molecule has 19 heavy (non-hydrogen) atoms. The zero-order chi connectivity index (χ0) is 13.7. The van der Waals surface area contributed by atoms with Crippen molar-refractivity contribution in [1.29, 1.82) is 0 Å². The van der Waals surface area contributed by atoms with Crippen molar-refractivity contribution < 1.29 is 9.53 Å². The predicted molar refractivity (Wildman–Crippen MR) is 74.0 cm³/mol. The van der Waals surface area contributed by atoms with Crippen LogP contribution in [0.4, 0.5) is 0 Å². The van der Waals surface area contributed by atoms with Gasteiger partial charge >= 0.3 is 0 Å². The number of nitrogens with two attached hydrogens (primary N) is 1. The smallest absolute Gasteiger partial charge is 0.267 e. The summed E-state index contributed by atoms with van der Waals surface area (Å²) in [6, 6.07) is 12.8. The molecule has 0 radical (unpaired) electrons. The number of aromatic nitrogens is 1. The normalized spacial score (nSPS) is 10.2. The molecule has 1 aromatic carbocycles. The number of pyridine rings is 1. The van der Waals surface area contributed by atoms with Crippen LogP contribution in [0.2, 0.25) is 0 Å². The molecule has 4 heteroatoms. The van der Waals surface area contributed by atoms with Crippen LogP contribution >= 0.6 is 0 Å². The summed E-state index contributed by atoms with van der Waals surface area (Å²) in [5.74, 6) is 0.307. The Hall–Kier alpha value is -2.36. The summed E-state index contributed by atoms with van der Waals surface area (Å²) in [5, 5.41) is 0. The molecule has 2 rings (SSSR count). The van der Waals surface area contributed by atoms with Gasteiger partial charge < -0.3 is 10.5 Å². The number of amides is 1. The fraction of sp³-hybridized carbons (Fsp3) is 0.200. The summed E-state index contributed by atoms with van der Waals surface area (Å²) >= 11 is 0. The van der Waals surface area contributed by atoms with E-state index in [9.17, 15) is 4.79 Å².